The smallest absolute Gasteiger partial charge is 0.267 e. The van der Waals surface area contributed by atoms with E-state index in [4.69, 9.17) is 4.74 Å². The van der Waals surface area contributed by atoms with Crippen molar-refractivity contribution in [2.45, 2.75) is 114 Å². The van der Waals surface area contributed by atoms with Gasteiger partial charge in [-0.2, -0.15) is 0 Å². The molecule has 0 fully saturated rings. The van der Waals surface area contributed by atoms with E-state index < -0.39 is 31.5 Å². The minimum atomic E-state index is -3.96. The molecule has 2 aromatic rings. The molecule has 2 N–H and O–H groups in total. The monoisotopic (exact) mass is 648 g/mol. The molecule has 1 heterocycles. The molecule has 0 atom stereocenters. The van der Waals surface area contributed by atoms with Gasteiger partial charge in [-0.3, -0.25) is 4.79 Å². The van der Waals surface area contributed by atoms with Gasteiger partial charge in [0.1, 0.15) is 16.5 Å². The minimum absolute atomic E-state index is 0.0106. The van der Waals surface area contributed by atoms with Crippen LogP contribution >= 0.6 is 0 Å². The normalized spacial score (nSPS) is 14.6. The number of carbonyl (C=O) groups excluding carboxylic acids is 1. The van der Waals surface area contributed by atoms with Crippen LogP contribution in [0.25, 0.3) is 0 Å². The van der Waals surface area contributed by atoms with Crippen LogP contribution in [0, 0.1) is 0 Å². The number of methoxy groups -OCH3 is 1. The van der Waals surface area contributed by atoms with E-state index in [0.29, 0.717) is 6.54 Å². The van der Waals surface area contributed by atoms with Gasteiger partial charge in [0, 0.05) is 12.1 Å². The number of amidine groups is 1. The minimum Gasteiger partial charge on any atom is -0.495 e. The fraction of sp³-hybridized carbons (Fsp3) is 0.562. The third-order valence-corrected chi connectivity index (χ3v) is 11.0. The van der Waals surface area contributed by atoms with Gasteiger partial charge < -0.3 is 10.1 Å². The highest BCUT2D eigenvalue weighted by molar-refractivity contribution is 7.90. The van der Waals surface area contributed by atoms with Crippen molar-refractivity contribution in [3.05, 3.63) is 42.5 Å². The molecule has 0 bridgehead atoms. The van der Waals surface area contributed by atoms with Crippen molar-refractivity contribution in [2.24, 2.45) is 4.99 Å². The Morgan fingerprint density at radius 1 is 0.932 bits per heavy atom. The molecule has 12 heteroatoms. The first-order chi connectivity index (χ1) is 20.8. The van der Waals surface area contributed by atoms with Crippen LogP contribution in [0.15, 0.2) is 57.2 Å². The quantitative estimate of drug-likeness (QED) is 0.182. The topological polar surface area (TPSA) is 134 Å². The molecule has 244 valence electrons. The first kappa shape index (κ1) is 35.5. The first-order valence-electron chi connectivity index (χ1n) is 15.5. The number of hydrogen-bond acceptors (Lipinski definition) is 7. The summed E-state index contributed by atoms with van der Waals surface area (Å²) >= 11 is 0. The average molecular weight is 649 g/mol. The number of hydrogen-bond donors (Lipinski definition) is 2. The third-order valence-electron chi connectivity index (χ3n) is 7.37. The van der Waals surface area contributed by atoms with E-state index >= 15 is 0 Å². The molecule has 1 aliphatic rings. The number of amides is 1. The molecule has 2 aromatic carbocycles. The molecule has 44 heavy (non-hydrogen) atoms. The van der Waals surface area contributed by atoms with Gasteiger partial charge in [0.05, 0.1) is 29.8 Å². The Hall–Kier alpha value is -2.96. The number of ether oxygens (including phenoxy) is 1. The number of fused-ring (bicyclic) bond motifs is 1. The van der Waals surface area contributed by atoms with Crippen molar-refractivity contribution in [1.29, 1.82) is 0 Å². The highest BCUT2D eigenvalue weighted by Crippen LogP contribution is 2.37. The van der Waals surface area contributed by atoms with E-state index in [-0.39, 0.29) is 39.2 Å². The predicted octanol–water partition coefficient (Wildman–Crippen LogP) is 6.76. The zero-order valence-corrected chi connectivity index (χ0v) is 28.3. The van der Waals surface area contributed by atoms with Crippen molar-refractivity contribution in [1.82, 2.24) is 9.03 Å². The fourth-order valence-corrected chi connectivity index (χ4v) is 8.27. The Balaban J connectivity index is 1.64. The summed E-state index contributed by atoms with van der Waals surface area (Å²) in [7, 11) is -6.37. The van der Waals surface area contributed by atoms with E-state index in [9.17, 15) is 21.6 Å². The number of nitrogens with one attached hydrogen (secondary N) is 2. The van der Waals surface area contributed by atoms with Gasteiger partial charge >= 0.3 is 0 Å². The van der Waals surface area contributed by atoms with Crippen LogP contribution in [0.3, 0.4) is 0 Å². The average Bonchev–Trinajstić information content (AvgIpc) is 2.94. The highest BCUT2D eigenvalue weighted by atomic mass is 32.2. The van der Waals surface area contributed by atoms with Crippen LogP contribution in [-0.2, 0) is 24.8 Å². The van der Waals surface area contributed by atoms with E-state index in [1.165, 1.54) is 76.3 Å². The summed E-state index contributed by atoms with van der Waals surface area (Å²) in [5, 5.41) is 2.70. The molecule has 0 saturated heterocycles. The molecule has 0 saturated carbocycles. The molecule has 10 nitrogen and oxygen atoms in total. The molecule has 0 spiro atoms. The zero-order valence-electron chi connectivity index (χ0n) is 26.7. The molecule has 0 radical (unpaired) electrons. The molecular formula is C32H48N4O6S2. The highest BCUT2D eigenvalue weighted by Gasteiger charge is 2.41. The summed E-state index contributed by atoms with van der Waals surface area (Å²) in [5.74, 6) is -0.239. The van der Waals surface area contributed by atoms with Gasteiger partial charge in [0.15, 0.2) is 0 Å². The Labute approximate surface area is 263 Å². The van der Waals surface area contributed by atoms with Crippen molar-refractivity contribution in [3.63, 3.8) is 0 Å². The van der Waals surface area contributed by atoms with Gasteiger partial charge in [-0.25, -0.2) is 30.9 Å². The van der Waals surface area contributed by atoms with Crippen LogP contribution in [0.4, 0.5) is 11.4 Å². The Kier molecular flexibility index (Phi) is 12.8. The number of carbonyl (C=O) groups is 1. The molecule has 1 amide bonds. The first-order valence-corrected chi connectivity index (χ1v) is 18.4. The van der Waals surface area contributed by atoms with Gasteiger partial charge in [0.25, 0.3) is 10.0 Å². The van der Waals surface area contributed by atoms with Crippen molar-refractivity contribution in [3.8, 4) is 5.75 Å². The summed E-state index contributed by atoms with van der Waals surface area (Å²) < 4.78 is 62.2. The van der Waals surface area contributed by atoms with E-state index in [1.54, 1.807) is 39.0 Å². The van der Waals surface area contributed by atoms with Crippen molar-refractivity contribution < 1.29 is 26.4 Å². The Morgan fingerprint density at radius 3 is 2.16 bits per heavy atom. The lowest BCUT2D eigenvalue weighted by Crippen LogP contribution is -2.51. The Bertz CT molecular complexity index is 1520. The Morgan fingerprint density at radius 2 is 1.55 bits per heavy atom. The summed E-state index contributed by atoms with van der Waals surface area (Å²) in [6, 6.07) is 10.6. The van der Waals surface area contributed by atoms with Crippen LogP contribution in [0.5, 0.6) is 5.75 Å². The number of para-hydroxylation sites is 1. The maximum absolute atomic E-state index is 13.5. The lowest BCUT2D eigenvalue weighted by molar-refractivity contribution is -0.115. The molecule has 3 rings (SSSR count). The van der Waals surface area contributed by atoms with Gasteiger partial charge in [-0.05, 0) is 57.5 Å². The molecule has 0 unspecified atom stereocenters. The number of nitrogens with zero attached hydrogens (tertiary/aromatic N) is 2. The van der Waals surface area contributed by atoms with Crippen LogP contribution in [-0.4, -0.2) is 52.1 Å². The largest absolute Gasteiger partial charge is 0.495 e. The lowest BCUT2D eigenvalue weighted by Gasteiger charge is -2.39. The number of aliphatic imine (C=N–C) groups is 1. The number of benzene rings is 2. The number of sulfonamides is 2. The number of unbranched alkanes of at least 4 members (excludes halogenated alkanes) is 9. The van der Waals surface area contributed by atoms with Crippen molar-refractivity contribution >= 4 is 43.2 Å². The van der Waals surface area contributed by atoms with Gasteiger partial charge in [-0.15, -0.1) is 0 Å². The summed E-state index contributed by atoms with van der Waals surface area (Å²) in [4.78, 5) is 17.8. The van der Waals surface area contributed by atoms with Crippen LogP contribution < -0.4 is 14.8 Å². The van der Waals surface area contributed by atoms with Crippen LogP contribution in [0.2, 0.25) is 0 Å². The maximum Gasteiger partial charge on any atom is 0.267 e. The second-order valence-corrected chi connectivity index (χ2v) is 15.6. The summed E-state index contributed by atoms with van der Waals surface area (Å²) in [5.41, 5.74) is -0.479. The number of anilines is 1. The number of rotatable bonds is 17. The molecule has 0 aromatic heterocycles. The van der Waals surface area contributed by atoms with E-state index in [2.05, 4.69) is 22.0 Å². The standard InChI is InChI=1S/C32H48N4O6S2/c1-6-7-8-9-10-11-12-13-14-17-22-33-43(38,39)25-20-21-28(42-5)27(23-25)35-31(37)24-30-34-26-18-15-16-19-29(26)44(40,41)36(30)32(2,3)4/h15-16,18-21,23,33H,6-14,17,22,24H2,1-5H3,(H,35,37). The zero-order chi connectivity index (χ0) is 32.4. The molecule has 1 aliphatic heterocycles. The second kappa shape index (κ2) is 15.9. The summed E-state index contributed by atoms with van der Waals surface area (Å²) in [6.45, 7) is 7.72. The maximum atomic E-state index is 13.5. The van der Waals surface area contributed by atoms with E-state index in [0.717, 1.165) is 23.6 Å². The van der Waals surface area contributed by atoms with Gasteiger partial charge in [-0.1, -0.05) is 76.8 Å². The molecular weight excluding hydrogens is 601 g/mol. The predicted molar refractivity (Wildman–Crippen MR) is 176 cm³/mol. The lowest BCUT2D eigenvalue weighted by atomic mass is 10.1. The third kappa shape index (κ3) is 9.52. The second-order valence-electron chi connectivity index (χ2n) is 12.1. The van der Waals surface area contributed by atoms with Crippen LogP contribution in [0.1, 0.15) is 98.3 Å². The van der Waals surface area contributed by atoms with E-state index in [1.807, 2.05) is 0 Å². The SMILES string of the molecule is CCCCCCCCCCCCNS(=O)(=O)c1ccc(OC)c(NC(=O)CC2=Nc3ccccc3S(=O)(=O)N2C(C)(C)C)c1. The van der Waals surface area contributed by atoms with Gasteiger partial charge in [0.2, 0.25) is 15.9 Å². The molecule has 0 aliphatic carbocycles. The van der Waals surface area contributed by atoms with Crippen molar-refractivity contribution in [2.75, 3.05) is 19.0 Å². The fourth-order valence-electron chi connectivity index (χ4n) is 5.24. The summed E-state index contributed by atoms with van der Waals surface area (Å²) in [6.07, 6.45) is 11.2.